The average Bonchev–Trinajstić information content (AvgIpc) is 1.99. The molecule has 0 aromatic heterocycles. The number of carboxylic acid groups (broad SMARTS) is 1. The van der Waals surface area contributed by atoms with Crippen LogP contribution >= 0.6 is 11.8 Å². The van der Waals surface area contributed by atoms with Gasteiger partial charge in [0, 0.05) is 0 Å². The van der Waals surface area contributed by atoms with Gasteiger partial charge in [-0.2, -0.15) is 5.10 Å². The van der Waals surface area contributed by atoms with Crippen molar-refractivity contribution in [1.29, 1.82) is 0 Å². The Morgan fingerprint density at radius 3 is 2.45 bits per heavy atom. The molecule has 5 nitrogen and oxygen atoms in total. The molecule has 62 valence electrons. The molecular formula is C5H8N2O3S. The average molecular weight is 176 g/mol. The van der Waals surface area contributed by atoms with E-state index < -0.39 is 5.97 Å². The predicted octanol–water partition coefficient (Wildman–Crippen LogP) is 0.519. The van der Waals surface area contributed by atoms with Gasteiger partial charge in [-0.3, -0.25) is 4.79 Å². The summed E-state index contributed by atoms with van der Waals surface area (Å²) in [4.78, 5) is 20.6. The number of carbonyl (C=O) groups is 2. The van der Waals surface area contributed by atoms with E-state index in [0.29, 0.717) is 0 Å². The van der Waals surface area contributed by atoms with E-state index in [9.17, 15) is 9.59 Å². The van der Waals surface area contributed by atoms with Crippen molar-refractivity contribution in [2.45, 2.75) is 6.92 Å². The highest BCUT2D eigenvalue weighted by Gasteiger charge is 2.01. The van der Waals surface area contributed by atoms with Gasteiger partial charge >= 0.3 is 5.97 Å². The van der Waals surface area contributed by atoms with Crippen LogP contribution in [0.3, 0.4) is 0 Å². The third kappa shape index (κ3) is 4.38. The van der Waals surface area contributed by atoms with Crippen LogP contribution in [0, 0.1) is 0 Å². The first-order valence-electron chi connectivity index (χ1n) is 2.69. The number of hydrazone groups is 1. The maximum absolute atomic E-state index is 10.5. The van der Waals surface area contributed by atoms with Gasteiger partial charge in [0.25, 0.3) is 5.24 Å². The summed E-state index contributed by atoms with van der Waals surface area (Å²) < 4.78 is 0. The van der Waals surface area contributed by atoms with Crippen molar-refractivity contribution in [2.75, 3.05) is 6.26 Å². The van der Waals surface area contributed by atoms with E-state index in [2.05, 4.69) is 5.10 Å². The van der Waals surface area contributed by atoms with E-state index in [1.54, 1.807) is 6.26 Å². The molecule has 0 rings (SSSR count). The Morgan fingerprint density at radius 1 is 1.55 bits per heavy atom. The molecule has 0 atom stereocenters. The van der Waals surface area contributed by atoms with Gasteiger partial charge in [-0.25, -0.2) is 10.2 Å². The van der Waals surface area contributed by atoms with Gasteiger partial charge in [0.2, 0.25) is 0 Å². The number of nitrogens with zero attached hydrogens (tertiary/aromatic N) is 1. The summed E-state index contributed by atoms with van der Waals surface area (Å²) in [5.41, 5.74) is 1.90. The third-order valence-electron chi connectivity index (χ3n) is 0.810. The fourth-order valence-corrected chi connectivity index (χ4v) is 0.360. The highest BCUT2D eigenvalue weighted by molar-refractivity contribution is 8.12. The van der Waals surface area contributed by atoms with Crippen LogP contribution in [0.4, 0.5) is 4.79 Å². The highest BCUT2D eigenvalue weighted by Crippen LogP contribution is 1.91. The van der Waals surface area contributed by atoms with E-state index in [1.807, 2.05) is 5.43 Å². The van der Waals surface area contributed by atoms with E-state index in [-0.39, 0.29) is 11.0 Å². The van der Waals surface area contributed by atoms with Crippen LogP contribution in [0.1, 0.15) is 6.92 Å². The van der Waals surface area contributed by atoms with Crippen LogP contribution < -0.4 is 5.43 Å². The molecule has 0 fully saturated rings. The van der Waals surface area contributed by atoms with Crippen molar-refractivity contribution in [2.24, 2.45) is 5.10 Å². The largest absolute Gasteiger partial charge is 0.477 e. The first-order valence-corrected chi connectivity index (χ1v) is 3.92. The number of carbonyl (C=O) groups excluding carboxylic acids is 1. The van der Waals surface area contributed by atoms with Gasteiger partial charge in [0.15, 0.2) is 0 Å². The second kappa shape index (κ2) is 4.73. The Hall–Kier alpha value is -1.04. The maximum Gasteiger partial charge on any atom is 0.351 e. The van der Waals surface area contributed by atoms with Crippen LogP contribution in [0.15, 0.2) is 5.10 Å². The minimum absolute atomic E-state index is 0.146. The molecule has 11 heavy (non-hydrogen) atoms. The van der Waals surface area contributed by atoms with Crippen molar-refractivity contribution < 1.29 is 14.7 Å². The molecule has 0 heterocycles. The minimum atomic E-state index is -1.15. The second-order valence-corrected chi connectivity index (χ2v) is 2.38. The SMILES string of the molecule is CSC(=O)N/N=C(\C)C(=O)O. The zero-order valence-corrected chi connectivity index (χ0v) is 6.94. The minimum Gasteiger partial charge on any atom is -0.477 e. The Kier molecular flexibility index (Phi) is 4.28. The summed E-state index contributed by atoms with van der Waals surface area (Å²) in [5.74, 6) is -1.15. The van der Waals surface area contributed by atoms with Gasteiger partial charge in [0.05, 0.1) is 0 Å². The molecule has 0 bridgehead atoms. The van der Waals surface area contributed by atoms with Crippen molar-refractivity contribution in [3.8, 4) is 0 Å². The lowest BCUT2D eigenvalue weighted by atomic mass is 10.4. The molecule has 2 N–H and O–H groups in total. The predicted molar refractivity (Wildman–Crippen MR) is 42.8 cm³/mol. The Morgan fingerprint density at radius 2 is 2.09 bits per heavy atom. The molecule has 0 aromatic rings. The van der Waals surface area contributed by atoms with Crippen molar-refractivity contribution in [1.82, 2.24) is 5.43 Å². The summed E-state index contributed by atoms with van der Waals surface area (Å²) in [6, 6.07) is 0. The molecule has 0 aliphatic carbocycles. The summed E-state index contributed by atoms with van der Waals surface area (Å²) in [5, 5.41) is 11.2. The molecular weight excluding hydrogens is 168 g/mol. The fraction of sp³-hybridized carbons (Fsp3) is 0.400. The number of aliphatic carboxylic acids is 1. The van der Waals surface area contributed by atoms with E-state index >= 15 is 0 Å². The zero-order chi connectivity index (χ0) is 8.85. The molecule has 0 saturated carbocycles. The Balaban J connectivity index is 3.92. The number of carboxylic acids is 1. The third-order valence-corrected chi connectivity index (χ3v) is 1.27. The van der Waals surface area contributed by atoms with Gasteiger partial charge in [0.1, 0.15) is 5.71 Å². The van der Waals surface area contributed by atoms with Gasteiger partial charge in [-0.15, -0.1) is 0 Å². The Bertz CT molecular complexity index is 202. The number of thioether (sulfide) groups is 1. The molecule has 0 saturated heterocycles. The summed E-state index contributed by atoms with van der Waals surface area (Å²) in [7, 11) is 0. The molecule has 1 amide bonds. The first kappa shape index (κ1) is 9.96. The molecule has 0 radical (unpaired) electrons. The van der Waals surface area contributed by atoms with E-state index in [4.69, 9.17) is 5.11 Å². The monoisotopic (exact) mass is 176 g/mol. The number of nitrogens with one attached hydrogen (secondary N) is 1. The van der Waals surface area contributed by atoms with Gasteiger partial charge in [-0.05, 0) is 13.2 Å². The lowest BCUT2D eigenvalue weighted by molar-refractivity contribution is -0.129. The smallest absolute Gasteiger partial charge is 0.351 e. The Labute approximate surface area is 67.9 Å². The molecule has 6 heteroatoms. The van der Waals surface area contributed by atoms with E-state index in [0.717, 1.165) is 11.8 Å². The van der Waals surface area contributed by atoms with Gasteiger partial charge < -0.3 is 5.11 Å². The number of hydrogen-bond acceptors (Lipinski definition) is 4. The molecule has 0 spiro atoms. The van der Waals surface area contributed by atoms with Crippen LogP contribution in [-0.2, 0) is 4.79 Å². The maximum atomic E-state index is 10.5. The first-order chi connectivity index (χ1) is 5.07. The van der Waals surface area contributed by atoms with Crippen molar-refractivity contribution in [3.63, 3.8) is 0 Å². The topological polar surface area (TPSA) is 78.8 Å². The molecule has 0 aliphatic heterocycles. The number of amides is 1. The summed E-state index contributed by atoms with van der Waals surface area (Å²) in [6.45, 7) is 1.29. The quantitative estimate of drug-likeness (QED) is 0.475. The summed E-state index contributed by atoms with van der Waals surface area (Å²) in [6.07, 6.45) is 1.57. The summed E-state index contributed by atoms with van der Waals surface area (Å²) >= 11 is 0.928. The lowest BCUT2D eigenvalue weighted by Crippen LogP contribution is -2.17. The molecule has 0 aromatic carbocycles. The normalized spacial score (nSPS) is 10.9. The van der Waals surface area contributed by atoms with Crippen molar-refractivity contribution >= 4 is 28.7 Å². The standard InChI is InChI=1S/C5H8N2O3S/c1-3(4(8)9)6-7-5(10)11-2/h1-2H3,(H,7,10)(H,8,9)/b6-3+. The van der Waals surface area contributed by atoms with Crippen molar-refractivity contribution in [3.05, 3.63) is 0 Å². The molecule has 0 aliphatic rings. The van der Waals surface area contributed by atoms with Crippen LogP contribution in [0.2, 0.25) is 0 Å². The van der Waals surface area contributed by atoms with Gasteiger partial charge in [-0.1, -0.05) is 11.8 Å². The van der Waals surface area contributed by atoms with Crippen LogP contribution in [-0.4, -0.2) is 28.3 Å². The fourth-order valence-electron chi connectivity index (χ4n) is 0.223. The molecule has 0 unspecified atom stereocenters. The second-order valence-electron chi connectivity index (χ2n) is 1.61. The number of hydrogen-bond donors (Lipinski definition) is 2. The highest BCUT2D eigenvalue weighted by atomic mass is 32.2. The lowest BCUT2D eigenvalue weighted by Gasteiger charge is -1.94. The van der Waals surface area contributed by atoms with E-state index in [1.165, 1.54) is 6.92 Å². The number of rotatable bonds is 2. The zero-order valence-electron chi connectivity index (χ0n) is 6.12. The van der Waals surface area contributed by atoms with Crippen LogP contribution in [0.25, 0.3) is 0 Å². The van der Waals surface area contributed by atoms with Crippen LogP contribution in [0.5, 0.6) is 0 Å².